The van der Waals surface area contributed by atoms with Gasteiger partial charge >= 0.3 is 0 Å². The largest absolute Gasteiger partial charge is 0.465 e. The Balaban J connectivity index is 1.61. The molecule has 4 rings (SSSR count). The highest BCUT2D eigenvalue weighted by molar-refractivity contribution is 7.20. The van der Waals surface area contributed by atoms with Gasteiger partial charge < -0.3 is 9.73 Å². The van der Waals surface area contributed by atoms with E-state index in [1.165, 1.54) is 23.5 Å². The lowest BCUT2D eigenvalue weighted by Gasteiger charge is -2.02. The number of rotatable bonds is 4. The minimum Gasteiger partial charge on any atom is -0.465 e. The molecule has 26 heavy (non-hydrogen) atoms. The SMILES string of the molecule is Cc1ccc(CNC(=O)c2cc3c(C)nn(-c4ccc(F)cc4)c3s2)o1. The molecule has 0 atom stereocenters. The number of nitrogens with zero attached hydrogens (tertiary/aromatic N) is 2. The summed E-state index contributed by atoms with van der Waals surface area (Å²) in [6, 6.07) is 11.7. The van der Waals surface area contributed by atoms with Crippen LogP contribution in [0.15, 0.2) is 46.9 Å². The molecule has 4 aromatic rings. The van der Waals surface area contributed by atoms with Gasteiger partial charge in [-0.2, -0.15) is 5.10 Å². The minimum absolute atomic E-state index is 0.162. The van der Waals surface area contributed by atoms with Crippen LogP contribution in [-0.2, 0) is 6.54 Å². The zero-order valence-electron chi connectivity index (χ0n) is 14.2. The van der Waals surface area contributed by atoms with Gasteiger partial charge in [0.05, 0.1) is 22.8 Å². The van der Waals surface area contributed by atoms with Crippen molar-refractivity contribution in [1.82, 2.24) is 15.1 Å². The molecule has 3 heterocycles. The Kier molecular flexibility index (Phi) is 4.08. The summed E-state index contributed by atoms with van der Waals surface area (Å²) in [6.07, 6.45) is 0. The van der Waals surface area contributed by atoms with E-state index >= 15 is 0 Å². The van der Waals surface area contributed by atoms with Crippen molar-refractivity contribution in [3.05, 3.63) is 70.4 Å². The van der Waals surface area contributed by atoms with Crippen LogP contribution in [0.5, 0.6) is 0 Å². The molecule has 3 aromatic heterocycles. The first-order valence-corrected chi connectivity index (χ1v) is 8.91. The molecule has 0 spiro atoms. The third-order valence-electron chi connectivity index (χ3n) is 4.06. The van der Waals surface area contributed by atoms with Crippen molar-refractivity contribution >= 4 is 27.5 Å². The number of thiophene rings is 1. The van der Waals surface area contributed by atoms with Crippen molar-refractivity contribution in [2.24, 2.45) is 0 Å². The molecular weight excluding hydrogens is 353 g/mol. The first-order valence-electron chi connectivity index (χ1n) is 8.10. The van der Waals surface area contributed by atoms with E-state index in [-0.39, 0.29) is 11.7 Å². The third kappa shape index (κ3) is 3.01. The molecule has 0 saturated heterocycles. The number of furan rings is 1. The lowest BCUT2D eigenvalue weighted by Crippen LogP contribution is -2.21. The molecule has 0 radical (unpaired) electrons. The van der Waals surface area contributed by atoms with Crippen LogP contribution in [0.4, 0.5) is 4.39 Å². The number of fused-ring (bicyclic) bond motifs is 1. The van der Waals surface area contributed by atoms with Gasteiger partial charge in [-0.05, 0) is 56.3 Å². The lowest BCUT2D eigenvalue weighted by atomic mass is 10.3. The number of hydrogen-bond donors (Lipinski definition) is 1. The standard InChI is InChI=1S/C19H16FN3O2S/c1-11-3-8-15(25-11)10-21-18(24)17-9-16-12(2)22-23(19(16)26-17)14-6-4-13(20)5-7-14/h3-9H,10H2,1-2H3,(H,21,24). The first kappa shape index (κ1) is 16.5. The quantitative estimate of drug-likeness (QED) is 0.581. The zero-order valence-corrected chi connectivity index (χ0v) is 15.1. The molecule has 132 valence electrons. The Hall–Kier alpha value is -2.93. The van der Waals surface area contributed by atoms with Crippen molar-refractivity contribution in [2.75, 3.05) is 0 Å². The molecule has 1 N–H and O–H groups in total. The second-order valence-electron chi connectivity index (χ2n) is 6.00. The molecule has 0 bridgehead atoms. The topological polar surface area (TPSA) is 60.1 Å². The van der Waals surface area contributed by atoms with Gasteiger partial charge in [-0.1, -0.05) is 0 Å². The van der Waals surface area contributed by atoms with Gasteiger partial charge in [-0.3, -0.25) is 4.79 Å². The Labute approximate surface area is 153 Å². The Morgan fingerprint density at radius 3 is 2.69 bits per heavy atom. The second-order valence-corrected chi connectivity index (χ2v) is 7.03. The average molecular weight is 369 g/mol. The predicted molar refractivity (Wildman–Crippen MR) is 98.3 cm³/mol. The lowest BCUT2D eigenvalue weighted by molar-refractivity contribution is 0.0952. The van der Waals surface area contributed by atoms with Crippen molar-refractivity contribution < 1.29 is 13.6 Å². The number of benzene rings is 1. The number of aromatic nitrogens is 2. The van der Waals surface area contributed by atoms with E-state index in [0.717, 1.165) is 27.4 Å². The number of amides is 1. The molecular formula is C19H16FN3O2S. The van der Waals surface area contributed by atoms with Crippen LogP contribution in [-0.4, -0.2) is 15.7 Å². The van der Waals surface area contributed by atoms with Crippen LogP contribution in [0.3, 0.4) is 0 Å². The second kappa shape index (κ2) is 6.42. The van der Waals surface area contributed by atoms with Crippen LogP contribution in [0.1, 0.15) is 26.9 Å². The fourth-order valence-corrected chi connectivity index (χ4v) is 3.85. The Morgan fingerprint density at radius 1 is 1.23 bits per heavy atom. The molecule has 7 heteroatoms. The van der Waals surface area contributed by atoms with Crippen molar-refractivity contribution in [1.29, 1.82) is 0 Å². The maximum atomic E-state index is 13.2. The van der Waals surface area contributed by atoms with Crippen LogP contribution in [0.25, 0.3) is 15.9 Å². The Bertz CT molecular complexity index is 1090. The summed E-state index contributed by atoms with van der Waals surface area (Å²) >= 11 is 1.36. The van der Waals surface area contributed by atoms with Gasteiger partial charge in [-0.25, -0.2) is 9.07 Å². The summed E-state index contributed by atoms with van der Waals surface area (Å²) in [5, 5.41) is 8.28. The van der Waals surface area contributed by atoms with E-state index in [1.54, 1.807) is 16.8 Å². The van der Waals surface area contributed by atoms with Gasteiger partial charge in [0.15, 0.2) is 0 Å². The normalized spacial score (nSPS) is 11.2. The monoisotopic (exact) mass is 369 g/mol. The highest BCUT2D eigenvalue weighted by Gasteiger charge is 2.17. The molecule has 0 unspecified atom stereocenters. The number of nitrogens with one attached hydrogen (secondary N) is 1. The molecule has 0 aliphatic heterocycles. The molecule has 0 fully saturated rings. The average Bonchev–Trinajstić information content (AvgIpc) is 3.31. The van der Waals surface area contributed by atoms with Gasteiger partial charge in [0.1, 0.15) is 22.2 Å². The summed E-state index contributed by atoms with van der Waals surface area (Å²) in [6.45, 7) is 4.09. The van der Waals surface area contributed by atoms with E-state index < -0.39 is 0 Å². The summed E-state index contributed by atoms with van der Waals surface area (Å²) < 4.78 is 20.4. The van der Waals surface area contributed by atoms with E-state index in [0.29, 0.717) is 17.2 Å². The Morgan fingerprint density at radius 2 is 2.00 bits per heavy atom. The molecule has 1 amide bonds. The van der Waals surface area contributed by atoms with Gasteiger partial charge in [0.2, 0.25) is 0 Å². The molecule has 1 aromatic carbocycles. The van der Waals surface area contributed by atoms with Crippen LogP contribution >= 0.6 is 11.3 Å². The molecule has 0 saturated carbocycles. The third-order valence-corrected chi connectivity index (χ3v) is 5.17. The fraction of sp³-hybridized carbons (Fsp3) is 0.158. The highest BCUT2D eigenvalue weighted by Crippen LogP contribution is 2.30. The number of aryl methyl sites for hydroxylation is 2. The predicted octanol–water partition coefficient (Wildman–Crippen LogP) is 4.37. The van der Waals surface area contributed by atoms with Crippen LogP contribution < -0.4 is 5.32 Å². The summed E-state index contributed by atoms with van der Waals surface area (Å²) in [7, 11) is 0. The van der Waals surface area contributed by atoms with E-state index in [9.17, 15) is 9.18 Å². The molecule has 5 nitrogen and oxygen atoms in total. The van der Waals surface area contributed by atoms with Gasteiger partial charge in [-0.15, -0.1) is 11.3 Å². The van der Waals surface area contributed by atoms with Crippen molar-refractivity contribution in [3.8, 4) is 5.69 Å². The van der Waals surface area contributed by atoms with Crippen molar-refractivity contribution in [2.45, 2.75) is 20.4 Å². The van der Waals surface area contributed by atoms with E-state index in [1.807, 2.05) is 32.0 Å². The zero-order chi connectivity index (χ0) is 18.3. The van der Waals surface area contributed by atoms with Crippen LogP contribution in [0, 0.1) is 19.7 Å². The summed E-state index contributed by atoms with van der Waals surface area (Å²) in [5.41, 5.74) is 1.57. The first-order chi connectivity index (χ1) is 12.5. The number of carbonyl (C=O) groups is 1. The smallest absolute Gasteiger partial charge is 0.261 e. The van der Waals surface area contributed by atoms with Crippen molar-refractivity contribution in [3.63, 3.8) is 0 Å². The molecule has 0 aliphatic rings. The summed E-state index contributed by atoms with van der Waals surface area (Å²) in [5.74, 6) is 1.07. The van der Waals surface area contributed by atoms with Gasteiger partial charge in [0.25, 0.3) is 5.91 Å². The number of carbonyl (C=O) groups excluding carboxylic acids is 1. The fourth-order valence-electron chi connectivity index (χ4n) is 2.75. The van der Waals surface area contributed by atoms with Crippen LogP contribution in [0.2, 0.25) is 0 Å². The molecule has 0 aliphatic carbocycles. The maximum absolute atomic E-state index is 13.2. The summed E-state index contributed by atoms with van der Waals surface area (Å²) in [4.78, 5) is 13.9. The van der Waals surface area contributed by atoms with Gasteiger partial charge in [0, 0.05) is 5.39 Å². The minimum atomic E-state index is -0.298. The van der Waals surface area contributed by atoms with E-state index in [2.05, 4.69) is 10.4 Å². The van der Waals surface area contributed by atoms with E-state index in [4.69, 9.17) is 4.42 Å². The maximum Gasteiger partial charge on any atom is 0.261 e. The highest BCUT2D eigenvalue weighted by atomic mass is 32.1. The number of halogens is 1. The number of hydrogen-bond acceptors (Lipinski definition) is 4.